The van der Waals surface area contributed by atoms with Gasteiger partial charge in [0, 0.05) is 0 Å². The predicted octanol–water partition coefficient (Wildman–Crippen LogP) is 0.645. The molecule has 1 rings (SSSR count). The zero-order chi connectivity index (χ0) is 9.68. The molecule has 0 saturated carbocycles. The smallest absolute Gasteiger partial charge is 0.373 e. The molecule has 0 amide bonds. The van der Waals surface area contributed by atoms with Gasteiger partial charge >= 0.3 is 5.97 Å². The third-order valence-corrected chi connectivity index (χ3v) is 1.41. The van der Waals surface area contributed by atoms with E-state index in [0.717, 1.165) is 0 Å². The minimum Gasteiger partial charge on any atom is -0.483 e. The molecule has 0 N–H and O–H groups in total. The van der Waals surface area contributed by atoms with Crippen LogP contribution in [0.1, 0.15) is 0 Å². The average molecular weight is 184 g/mol. The lowest BCUT2D eigenvalue weighted by Crippen LogP contribution is -2.13. The Hall–Kier alpha value is -1.29. The maximum absolute atomic E-state index is 11.0. The van der Waals surface area contributed by atoms with Crippen molar-refractivity contribution in [2.75, 3.05) is 19.8 Å². The third kappa shape index (κ3) is 3.75. The molecular formula is C9H12O4. The molecule has 1 aliphatic heterocycles. The van der Waals surface area contributed by atoms with Crippen molar-refractivity contribution in [3.63, 3.8) is 0 Å². The normalized spacial score (nSPS) is 18.9. The molecule has 0 spiro atoms. The molecule has 0 aromatic heterocycles. The first kappa shape index (κ1) is 9.80. The number of hydrogen-bond acceptors (Lipinski definition) is 4. The van der Waals surface area contributed by atoms with Crippen molar-refractivity contribution in [2.45, 2.75) is 6.10 Å². The molecule has 0 aromatic rings. The van der Waals surface area contributed by atoms with Gasteiger partial charge in [-0.15, -0.1) is 0 Å². The van der Waals surface area contributed by atoms with Gasteiger partial charge in [-0.25, -0.2) is 4.79 Å². The van der Waals surface area contributed by atoms with Crippen LogP contribution >= 0.6 is 0 Å². The van der Waals surface area contributed by atoms with E-state index in [1.807, 2.05) is 0 Å². The van der Waals surface area contributed by atoms with E-state index in [9.17, 15) is 4.79 Å². The molecule has 0 radical (unpaired) electrons. The zero-order valence-electron chi connectivity index (χ0n) is 7.32. The maximum atomic E-state index is 11.0. The van der Waals surface area contributed by atoms with Crippen molar-refractivity contribution in [3.05, 3.63) is 25.0 Å². The first-order valence-corrected chi connectivity index (χ1v) is 3.95. The van der Waals surface area contributed by atoms with Gasteiger partial charge in [0.05, 0.1) is 6.61 Å². The van der Waals surface area contributed by atoms with E-state index >= 15 is 0 Å². The summed E-state index contributed by atoms with van der Waals surface area (Å²) in [6, 6.07) is 0. The van der Waals surface area contributed by atoms with Crippen molar-refractivity contribution < 1.29 is 19.0 Å². The van der Waals surface area contributed by atoms with Gasteiger partial charge in [-0.3, -0.25) is 0 Å². The lowest BCUT2D eigenvalue weighted by molar-refractivity contribution is -0.143. The molecule has 1 aliphatic rings. The van der Waals surface area contributed by atoms with Crippen molar-refractivity contribution in [2.24, 2.45) is 0 Å². The molecule has 72 valence electrons. The lowest BCUT2D eigenvalue weighted by atomic mass is 10.5. The summed E-state index contributed by atoms with van der Waals surface area (Å²) < 4.78 is 14.5. The minimum absolute atomic E-state index is 0.000509. The van der Waals surface area contributed by atoms with Gasteiger partial charge in [-0.2, -0.15) is 0 Å². The summed E-state index contributed by atoms with van der Waals surface area (Å²) in [6.07, 6.45) is 1.60. The third-order valence-electron chi connectivity index (χ3n) is 1.41. The van der Waals surface area contributed by atoms with E-state index in [-0.39, 0.29) is 25.1 Å². The minimum atomic E-state index is -0.544. The quantitative estimate of drug-likeness (QED) is 0.200. The summed E-state index contributed by atoms with van der Waals surface area (Å²) >= 11 is 0. The second kappa shape index (κ2) is 4.67. The Bertz CT molecular complexity index is 218. The number of carbonyl (C=O) groups excluding carboxylic acids is 1. The SMILES string of the molecule is C=CCOC(=C)C(=O)OCC1CO1. The Kier molecular flexibility index (Phi) is 3.52. The van der Waals surface area contributed by atoms with E-state index in [1.54, 1.807) is 0 Å². The van der Waals surface area contributed by atoms with Crippen LogP contribution in [0, 0.1) is 0 Å². The highest BCUT2D eigenvalue weighted by Gasteiger charge is 2.24. The summed E-state index contributed by atoms with van der Waals surface area (Å²) in [7, 11) is 0. The molecular weight excluding hydrogens is 172 g/mol. The Morgan fingerprint density at radius 2 is 2.31 bits per heavy atom. The van der Waals surface area contributed by atoms with Crippen LogP contribution in [-0.4, -0.2) is 31.9 Å². The summed E-state index contributed by atoms with van der Waals surface area (Å²) in [6.45, 7) is 8.03. The van der Waals surface area contributed by atoms with Crippen LogP contribution in [0.15, 0.2) is 25.0 Å². The fraction of sp³-hybridized carbons (Fsp3) is 0.444. The number of esters is 1. The average Bonchev–Trinajstić information content (AvgIpc) is 2.93. The molecule has 1 atom stereocenters. The van der Waals surface area contributed by atoms with Gasteiger partial charge in [0.2, 0.25) is 0 Å². The molecule has 1 heterocycles. The van der Waals surface area contributed by atoms with Crippen LogP contribution in [0.2, 0.25) is 0 Å². The van der Waals surface area contributed by atoms with Crippen molar-refractivity contribution >= 4 is 5.97 Å². The van der Waals surface area contributed by atoms with Gasteiger partial charge in [0.15, 0.2) is 5.76 Å². The van der Waals surface area contributed by atoms with E-state index in [2.05, 4.69) is 13.2 Å². The van der Waals surface area contributed by atoms with Crippen molar-refractivity contribution in [1.82, 2.24) is 0 Å². The van der Waals surface area contributed by atoms with Crippen LogP contribution in [0.5, 0.6) is 0 Å². The van der Waals surface area contributed by atoms with E-state index < -0.39 is 5.97 Å². The number of epoxide rings is 1. The largest absolute Gasteiger partial charge is 0.483 e. The van der Waals surface area contributed by atoms with E-state index in [1.165, 1.54) is 6.08 Å². The predicted molar refractivity (Wildman–Crippen MR) is 46.0 cm³/mol. The van der Waals surface area contributed by atoms with Crippen LogP contribution in [0.3, 0.4) is 0 Å². The standard InChI is InChI=1S/C9H12O4/c1-3-4-11-7(2)9(10)13-6-8-5-12-8/h3,8H,1-2,4-6H2. The first-order valence-electron chi connectivity index (χ1n) is 3.95. The highest BCUT2D eigenvalue weighted by molar-refractivity contribution is 5.85. The van der Waals surface area contributed by atoms with Crippen LogP contribution in [-0.2, 0) is 19.0 Å². The highest BCUT2D eigenvalue weighted by atomic mass is 16.6. The van der Waals surface area contributed by atoms with E-state index in [0.29, 0.717) is 6.61 Å². The number of rotatable bonds is 6. The lowest BCUT2D eigenvalue weighted by Gasteiger charge is -2.05. The molecule has 4 nitrogen and oxygen atoms in total. The van der Waals surface area contributed by atoms with Crippen molar-refractivity contribution in [3.8, 4) is 0 Å². The summed E-state index contributed by atoms with van der Waals surface area (Å²) in [5.74, 6) is -0.544. The van der Waals surface area contributed by atoms with E-state index in [4.69, 9.17) is 14.2 Å². The van der Waals surface area contributed by atoms with Gasteiger partial charge in [0.25, 0.3) is 0 Å². The second-order valence-electron chi connectivity index (χ2n) is 2.58. The van der Waals surface area contributed by atoms with Crippen LogP contribution < -0.4 is 0 Å². The Balaban J connectivity index is 2.12. The Morgan fingerprint density at radius 1 is 1.62 bits per heavy atom. The second-order valence-corrected chi connectivity index (χ2v) is 2.58. The van der Waals surface area contributed by atoms with Crippen molar-refractivity contribution in [1.29, 1.82) is 0 Å². The Morgan fingerprint density at radius 3 is 2.85 bits per heavy atom. The number of hydrogen-bond donors (Lipinski definition) is 0. The highest BCUT2D eigenvalue weighted by Crippen LogP contribution is 2.09. The van der Waals surface area contributed by atoms with Gasteiger partial charge in [-0.1, -0.05) is 12.7 Å². The molecule has 0 aromatic carbocycles. The summed E-state index contributed by atoms with van der Waals surface area (Å²) in [4.78, 5) is 11.0. The molecule has 0 bridgehead atoms. The fourth-order valence-electron chi connectivity index (χ4n) is 0.632. The summed E-state index contributed by atoms with van der Waals surface area (Å²) in [5.41, 5.74) is 0. The zero-order valence-corrected chi connectivity index (χ0v) is 7.32. The first-order chi connectivity index (χ1) is 6.24. The summed E-state index contributed by atoms with van der Waals surface area (Å²) in [5, 5.41) is 0. The topological polar surface area (TPSA) is 48.1 Å². The van der Waals surface area contributed by atoms with Gasteiger partial charge in [-0.05, 0) is 6.58 Å². The molecule has 13 heavy (non-hydrogen) atoms. The molecule has 4 heteroatoms. The molecule has 1 saturated heterocycles. The Labute approximate surface area is 76.8 Å². The number of ether oxygens (including phenoxy) is 3. The monoisotopic (exact) mass is 184 g/mol. The fourth-order valence-corrected chi connectivity index (χ4v) is 0.632. The molecule has 1 fully saturated rings. The molecule has 1 unspecified atom stereocenters. The van der Waals surface area contributed by atoms with Crippen LogP contribution in [0.4, 0.5) is 0 Å². The van der Waals surface area contributed by atoms with Gasteiger partial charge < -0.3 is 14.2 Å². The van der Waals surface area contributed by atoms with Gasteiger partial charge in [0.1, 0.15) is 19.3 Å². The van der Waals surface area contributed by atoms with Crippen LogP contribution in [0.25, 0.3) is 0 Å². The maximum Gasteiger partial charge on any atom is 0.373 e. The number of carbonyl (C=O) groups is 1. The molecule has 0 aliphatic carbocycles.